The van der Waals surface area contributed by atoms with Crippen molar-refractivity contribution in [3.63, 3.8) is 0 Å². The minimum absolute atomic E-state index is 0.0150. The summed E-state index contributed by atoms with van der Waals surface area (Å²) in [4.78, 5) is 12.6. The second kappa shape index (κ2) is 9.62. The number of hydrogen-bond donors (Lipinski definition) is 1. The molecule has 0 saturated carbocycles. The van der Waals surface area contributed by atoms with E-state index in [1.165, 1.54) is 22.9 Å². The lowest BCUT2D eigenvalue weighted by atomic mass is 10.1. The molecule has 3 rings (SSSR count). The monoisotopic (exact) mass is 495 g/mol. The van der Waals surface area contributed by atoms with Crippen molar-refractivity contribution in [2.24, 2.45) is 7.05 Å². The van der Waals surface area contributed by atoms with E-state index in [0.29, 0.717) is 23.2 Å². The van der Waals surface area contributed by atoms with Gasteiger partial charge in [-0.15, -0.1) is 0 Å². The first-order valence-electron chi connectivity index (χ1n) is 9.85. The molecule has 0 spiro atoms. The first-order valence-corrected chi connectivity index (χ1v) is 12.1. The van der Waals surface area contributed by atoms with Gasteiger partial charge in [-0.3, -0.25) is 0 Å². The Morgan fingerprint density at radius 3 is 2.41 bits per heavy atom. The highest BCUT2D eigenvalue weighted by molar-refractivity contribution is 7.89. The molecular formula is C22H23Cl2N3O4S. The van der Waals surface area contributed by atoms with Crippen molar-refractivity contribution < 1.29 is 17.9 Å². The number of esters is 1. The van der Waals surface area contributed by atoms with Gasteiger partial charge in [-0.1, -0.05) is 47.8 Å². The van der Waals surface area contributed by atoms with Crippen LogP contribution in [0.3, 0.4) is 0 Å². The summed E-state index contributed by atoms with van der Waals surface area (Å²) in [6, 6.07) is 10.4. The average Bonchev–Trinajstić information content (AvgIpc) is 3.05. The fraction of sp³-hybridized carbons (Fsp3) is 0.273. The summed E-state index contributed by atoms with van der Waals surface area (Å²) in [5.74, 6) is -0.244. The first kappa shape index (κ1) is 24.3. The lowest BCUT2D eigenvalue weighted by molar-refractivity contribution is 0.0718. The zero-order valence-electron chi connectivity index (χ0n) is 18.0. The highest BCUT2D eigenvalue weighted by atomic mass is 35.5. The summed E-state index contributed by atoms with van der Waals surface area (Å²) in [7, 11) is -2.26. The van der Waals surface area contributed by atoms with Crippen LogP contribution < -0.4 is 9.46 Å². The van der Waals surface area contributed by atoms with Crippen molar-refractivity contribution in [3.8, 4) is 5.88 Å². The van der Waals surface area contributed by atoms with Crippen LogP contribution in [0, 0.1) is 6.92 Å². The number of halogens is 2. The molecule has 32 heavy (non-hydrogen) atoms. The van der Waals surface area contributed by atoms with Crippen LogP contribution in [-0.2, 0) is 23.5 Å². The van der Waals surface area contributed by atoms with Crippen LogP contribution >= 0.6 is 23.2 Å². The molecule has 0 radical (unpaired) electrons. The van der Waals surface area contributed by atoms with Gasteiger partial charge in [-0.25, -0.2) is 22.6 Å². The molecule has 1 aromatic heterocycles. The Labute approximate surface area is 197 Å². The van der Waals surface area contributed by atoms with Crippen LogP contribution in [0.25, 0.3) is 0 Å². The molecule has 2 aromatic carbocycles. The highest BCUT2D eigenvalue weighted by Crippen LogP contribution is 2.30. The van der Waals surface area contributed by atoms with Gasteiger partial charge in [0.15, 0.2) is 0 Å². The number of hydrogen-bond acceptors (Lipinski definition) is 5. The van der Waals surface area contributed by atoms with Crippen molar-refractivity contribution in [1.82, 2.24) is 14.5 Å². The predicted molar refractivity (Wildman–Crippen MR) is 124 cm³/mol. The molecule has 10 heteroatoms. The molecule has 1 unspecified atom stereocenters. The van der Waals surface area contributed by atoms with E-state index in [4.69, 9.17) is 27.9 Å². The van der Waals surface area contributed by atoms with E-state index < -0.39 is 22.0 Å². The molecule has 0 aliphatic rings. The first-order chi connectivity index (χ1) is 15.0. The molecule has 0 saturated heterocycles. The summed E-state index contributed by atoms with van der Waals surface area (Å²) in [6.45, 7) is 5.48. The van der Waals surface area contributed by atoms with Gasteiger partial charge in [0.05, 0.1) is 32.2 Å². The Morgan fingerprint density at radius 1 is 1.16 bits per heavy atom. The predicted octanol–water partition coefficient (Wildman–Crippen LogP) is 4.86. The minimum atomic E-state index is -3.90. The van der Waals surface area contributed by atoms with E-state index in [2.05, 4.69) is 9.82 Å². The van der Waals surface area contributed by atoms with E-state index in [9.17, 15) is 13.2 Å². The maximum absolute atomic E-state index is 12.8. The molecule has 0 aliphatic heterocycles. The number of carbonyl (C=O) groups is 1. The van der Waals surface area contributed by atoms with Crippen molar-refractivity contribution in [2.75, 3.05) is 0 Å². The Kier molecular flexibility index (Phi) is 7.29. The number of aryl methyl sites for hydroxylation is 2. The fourth-order valence-electron chi connectivity index (χ4n) is 3.22. The third-order valence-electron chi connectivity index (χ3n) is 4.89. The van der Waals surface area contributed by atoms with Crippen molar-refractivity contribution in [1.29, 1.82) is 0 Å². The summed E-state index contributed by atoms with van der Waals surface area (Å²) >= 11 is 11.8. The maximum Gasteiger partial charge on any atom is 0.344 e. The number of carbonyl (C=O) groups excluding carboxylic acids is 1. The number of benzene rings is 2. The SMILES string of the molecule is CCc1c(C(C)NS(=O)(=O)c2ccc(Cl)c(Cl)c2)nn(C)c1OC(=O)c1ccc(C)cc1. The van der Waals surface area contributed by atoms with Crippen molar-refractivity contribution in [3.05, 3.63) is 74.9 Å². The van der Waals surface area contributed by atoms with E-state index in [1.807, 2.05) is 26.0 Å². The van der Waals surface area contributed by atoms with Crippen LogP contribution in [0.15, 0.2) is 47.4 Å². The van der Waals surface area contributed by atoms with Gasteiger partial charge in [-0.2, -0.15) is 5.10 Å². The largest absolute Gasteiger partial charge is 0.404 e. The molecular weight excluding hydrogens is 473 g/mol. The zero-order valence-corrected chi connectivity index (χ0v) is 20.3. The van der Waals surface area contributed by atoms with E-state index >= 15 is 0 Å². The normalized spacial score (nSPS) is 12.6. The van der Waals surface area contributed by atoms with Gasteiger partial charge in [-0.05, 0) is 50.6 Å². The number of rotatable bonds is 7. The summed E-state index contributed by atoms with van der Waals surface area (Å²) in [5.41, 5.74) is 2.54. The average molecular weight is 496 g/mol. The second-order valence-electron chi connectivity index (χ2n) is 7.32. The quantitative estimate of drug-likeness (QED) is 0.472. The van der Waals surface area contributed by atoms with Crippen LogP contribution in [-0.4, -0.2) is 24.2 Å². The van der Waals surface area contributed by atoms with Crippen LogP contribution in [0.1, 0.15) is 47.1 Å². The Hall–Kier alpha value is -2.39. The molecule has 1 atom stereocenters. The molecule has 3 aromatic rings. The number of nitrogens with one attached hydrogen (secondary N) is 1. The Bertz CT molecular complexity index is 1250. The summed E-state index contributed by atoms with van der Waals surface area (Å²) < 4.78 is 35.3. The topological polar surface area (TPSA) is 90.3 Å². The molecule has 1 N–H and O–H groups in total. The van der Waals surface area contributed by atoms with Gasteiger partial charge in [0.1, 0.15) is 0 Å². The molecule has 0 amide bonds. The molecule has 0 bridgehead atoms. The second-order valence-corrected chi connectivity index (χ2v) is 9.85. The number of sulfonamides is 1. The van der Waals surface area contributed by atoms with E-state index in [0.717, 1.165) is 5.56 Å². The Balaban J connectivity index is 1.87. The third-order valence-corrected chi connectivity index (χ3v) is 7.17. The highest BCUT2D eigenvalue weighted by Gasteiger charge is 2.27. The standard InChI is InChI=1S/C22H23Cl2N3O4S/c1-5-17-20(14(3)26-32(29,30)16-10-11-18(23)19(24)12-16)25-27(4)21(17)31-22(28)15-8-6-13(2)7-9-15/h6-12,14,26H,5H2,1-4H3. The third kappa shape index (κ3) is 5.15. The van der Waals surface area contributed by atoms with Crippen LogP contribution in [0.5, 0.6) is 5.88 Å². The van der Waals surface area contributed by atoms with Crippen molar-refractivity contribution in [2.45, 2.75) is 38.1 Å². The van der Waals surface area contributed by atoms with Gasteiger partial charge >= 0.3 is 5.97 Å². The van der Waals surface area contributed by atoms with Gasteiger partial charge < -0.3 is 4.74 Å². The number of aromatic nitrogens is 2. The van der Waals surface area contributed by atoms with Crippen molar-refractivity contribution >= 4 is 39.2 Å². The smallest absolute Gasteiger partial charge is 0.344 e. The zero-order chi connectivity index (χ0) is 23.6. The van der Waals surface area contributed by atoms with E-state index in [-0.39, 0.29) is 20.8 Å². The van der Waals surface area contributed by atoms with Gasteiger partial charge in [0.25, 0.3) is 0 Å². The molecule has 1 heterocycles. The minimum Gasteiger partial charge on any atom is -0.404 e. The number of nitrogens with zero attached hydrogens (tertiary/aromatic N) is 2. The lowest BCUT2D eigenvalue weighted by Gasteiger charge is -2.14. The molecule has 0 fully saturated rings. The maximum atomic E-state index is 12.8. The summed E-state index contributed by atoms with van der Waals surface area (Å²) in [5, 5.41) is 4.82. The Morgan fingerprint density at radius 2 is 1.81 bits per heavy atom. The van der Waals surface area contributed by atoms with Gasteiger partial charge in [0, 0.05) is 12.6 Å². The fourth-order valence-corrected chi connectivity index (χ4v) is 4.81. The van der Waals surface area contributed by atoms with Gasteiger partial charge in [0.2, 0.25) is 15.9 Å². The molecule has 170 valence electrons. The number of ether oxygens (including phenoxy) is 1. The van der Waals surface area contributed by atoms with E-state index in [1.54, 1.807) is 26.1 Å². The summed E-state index contributed by atoms with van der Waals surface area (Å²) in [6.07, 6.45) is 0.485. The molecule has 7 nitrogen and oxygen atoms in total. The van der Waals surface area contributed by atoms with Crippen LogP contribution in [0.4, 0.5) is 0 Å². The molecule has 0 aliphatic carbocycles. The lowest BCUT2D eigenvalue weighted by Crippen LogP contribution is -2.27. The van der Waals surface area contributed by atoms with Crippen LogP contribution in [0.2, 0.25) is 10.0 Å².